The highest BCUT2D eigenvalue weighted by molar-refractivity contribution is 6.33. The normalized spacial score (nSPS) is 11.4. The first-order chi connectivity index (χ1) is 33.6. The number of aliphatic hydroxyl groups is 1. The Kier molecular flexibility index (Phi) is 17.3. The molecule has 0 spiro atoms. The molecule has 0 amide bonds. The second kappa shape index (κ2) is 23.7. The maximum Gasteiger partial charge on any atom is 0.252 e. The number of nitrogens with one attached hydrogen (secondary N) is 2. The van der Waals surface area contributed by atoms with Crippen molar-refractivity contribution in [2.75, 3.05) is 10.6 Å². The lowest BCUT2D eigenvalue weighted by Crippen LogP contribution is -2.22. The second-order valence-corrected chi connectivity index (χ2v) is 18.5. The van der Waals surface area contributed by atoms with Gasteiger partial charge in [-0.1, -0.05) is 119 Å². The van der Waals surface area contributed by atoms with Gasteiger partial charge in [-0.25, -0.2) is 0 Å². The van der Waals surface area contributed by atoms with E-state index in [0.29, 0.717) is 89.7 Å². The van der Waals surface area contributed by atoms with Gasteiger partial charge in [0.2, 0.25) is 0 Å². The minimum absolute atomic E-state index is 0.00959. The number of benzene rings is 6. The largest absolute Gasteiger partial charge is 0.489 e. The highest BCUT2D eigenvalue weighted by Crippen LogP contribution is 2.35. The number of anilines is 4. The Bertz CT molecular complexity index is 3180. The monoisotopic (exact) mass is 1010 g/mol. The third-order valence-corrected chi connectivity index (χ3v) is 11.7. The van der Waals surface area contributed by atoms with E-state index in [1.165, 1.54) is 16.7 Å². The third kappa shape index (κ3) is 13.7. The van der Waals surface area contributed by atoms with Crippen molar-refractivity contribution in [1.29, 1.82) is 0 Å². The molecule has 14 heteroatoms. The Morgan fingerprint density at radius 2 is 1.00 bits per heavy atom. The number of aromatic nitrogens is 2. The Balaban J connectivity index is 0.000000206. The Labute approximate surface area is 426 Å². The van der Waals surface area contributed by atoms with Gasteiger partial charge in [-0.2, -0.15) is 0 Å². The van der Waals surface area contributed by atoms with E-state index in [2.05, 4.69) is 10.6 Å². The van der Waals surface area contributed by atoms with Crippen LogP contribution in [0.15, 0.2) is 180 Å². The molecule has 0 saturated carbocycles. The van der Waals surface area contributed by atoms with Crippen LogP contribution in [-0.2, 0) is 13.1 Å². The van der Waals surface area contributed by atoms with Crippen LogP contribution in [0.2, 0.25) is 20.1 Å². The molecule has 70 heavy (non-hydrogen) atoms. The van der Waals surface area contributed by atoms with E-state index in [9.17, 15) is 19.5 Å². The van der Waals surface area contributed by atoms with Crippen LogP contribution in [0.25, 0.3) is 0 Å². The van der Waals surface area contributed by atoms with Crippen molar-refractivity contribution in [2.45, 2.75) is 59.1 Å². The number of ether oxygens (including phenoxy) is 2. The first kappa shape index (κ1) is 51.1. The highest BCUT2D eigenvalue weighted by atomic mass is 35.5. The molecular weight excluding hydrogens is 966 g/mol. The van der Waals surface area contributed by atoms with E-state index in [1.54, 1.807) is 95.8 Å². The fraction of sp³-hybridized carbons (Fsp3) is 0.161. The van der Waals surface area contributed by atoms with Crippen LogP contribution >= 0.6 is 46.4 Å². The molecule has 0 aliphatic carbocycles. The molecule has 0 bridgehead atoms. The van der Waals surface area contributed by atoms with Crippen LogP contribution in [-0.4, -0.2) is 32.2 Å². The fourth-order valence-electron chi connectivity index (χ4n) is 7.33. The quantitative estimate of drug-likeness (QED) is 0.0818. The van der Waals surface area contributed by atoms with Gasteiger partial charge in [0, 0.05) is 57.1 Å². The predicted octanol–water partition coefficient (Wildman–Crippen LogP) is 13.8. The van der Waals surface area contributed by atoms with Crippen molar-refractivity contribution in [3.63, 3.8) is 0 Å². The number of rotatable bonds is 16. The topological polar surface area (TPSA) is 124 Å². The van der Waals surface area contributed by atoms with Crippen molar-refractivity contribution in [2.24, 2.45) is 0 Å². The Morgan fingerprint density at radius 1 is 0.557 bits per heavy atom. The number of nitrogens with zero attached hydrogens (tertiary/aromatic N) is 2. The smallest absolute Gasteiger partial charge is 0.252 e. The summed E-state index contributed by atoms with van der Waals surface area (Å²) in [5, 5.41) is 19.7. The summed E-state index contributed by atoms with van der Waals surface area (Å²) in [5.74, 6) is 0.895. The zero-order valence-corrected chi connectivity index (χ0v) is 41.7. The lowest BCUT2D eigenvalue weighted by Gasteiger charge is -2.20. The van der Waals surface area contributed by atoms with Crippen LogP contribution in [0, 0.1) is 0 Å². The molecule has 0 saturated heterocycles. The van der Waals surface area contributed by atoms with Gasteiger partial charge >= 0.3 is 0 Å². The third-order valence-electron chi connectivity index (χ3n) is 10.7. The van der Waals surface area contributed by atoms with Gasteiger partial charge in [0.15, 0.2) is 5.78 Å². The highest BCUT2D eigenvalue weighted by Gasteiger charge is 2.20. The summed E-state index contributed by atoms with van der Waals surface area (Å²) in [6.07, 6.45) is 2.26. The molecule has 0 fully saturated rings. The zero-order chi connectivity index (χ0) is 49.9. The van der Waals surface area contributed by atoms with Gasteiger partial charge in [0.05, 0.1) is 52.3 Å². The number of pyridine rings is 2. The van der Waals surface area contributed by atoms with Crippen molar-refractivity contribution in [1.82, 2.24) is 9.13 Å². The minimum atomic E-state index is -0.989. The number of ketones is 1. The molecule has 0 radical (unpaired) electrons. The van der Waals surface area contributed by atoms with E-state index in [1.807, 2.05) is 94.4 Å². The molecule has 0 aliphatic heterocycles. The molecule has 3 N–H and O–H groups in total. The van der Waals surface area contributed by atoms with E-state index in [4.69, 9.17) is 55.9 Å². The van der Waals surface area contributed by atoms with Crippen LogP contribution in [0.4, 0.5) is 22.7 Å². The molecule has 1 unspecified atom stereocenters. The van der Waals surface area contributed by atoms with Crippen LogP contribution in [0.3, 0.4) is 0 Å². The molecule has 2 heterocycles. The molecule has 0 aliphatic rings. The number of carbonyl (C=O) groups excluding carboxylic acids is 1. The molecule has 2 aromatic heterocycles. The maximum absolute atomic E-state index is 13.5. The van der Waals surface area contributed by atoms with Gasteiger partial charge in [-0.3, -0.25) is 14.4 Å². The van der Waals surface area contributed by atoms with Crippen molar-refractivity contribution in [3.05, 3.63) is 244 Å². The number of carbonyl (C=O) groups is 1. The summed E-state index contributed by atoms with van der Waals surface area (Å²) >= 11 is 24.8. The van der Waals surface area contributed by atoms with Crippen LogP contribution in [0.1, 0.15) is 72.0 Å². The Morgan fingerprint density at radius 3 is 1.47 bits per heavy atom. The standard InChI is InChI=1S/C28H26Cl2N2O3.C28H24Cl2N2O3/c2*1-18(2)35-26-13-12-22(14-24(26)30)31-25-15-27(33)32(16-19-6-4-3-5-7-19)17-23(25)28(34)20-8-10-21(29)11-9-20/h3-15,17-18,28,31,34H,16H2,1-2H3;3-15,17-18,31H,16H2,1-2H3. The van der Waals surface area contributed by atoms with Gasteiger partial charge < -0.3 is 34.3 Å². The van der Waals surface area contributed by atoms with E-state index in [0.717, 1.165) is 11.1 Å². The van der Waals surface area contributed by atoms with Crippen molar-refractivity contribution >= 4 is 74.9 Å². The Hall–Kier alpha value is -6.79. The maximum atomic E-state index is 13.5. The van der Waals surface area contributed by atoms with Gasteiger partial charge in [-0.15, -0.1) is 0 Å². The molecular formula is C56H50Cl4N4O6. The SMILES string of the molecule is CC(C)Oc1ccc(Nc2cc(=O)n(Cc3ccccc3)cc2C(=O)c2ccc(Cl)cc2)cc1Cl.CC(C)Oc1ccc(Nc2cc(=O)n(Cc3ccccc3)cc2C(O)c2ccc(Cl)cc2)cc1Cl. The summed E-state index contributed by atoms with van der Waals surface area (Å²) < 4.78 is 14.5. The van der Waals surface area contributed by atoms with Crippen molar-refractivity contribution in [3.8, 4) is 11.5 Å². The first-order valence-corrected chi connectivity index (χ1v) is 23.9. The average Bonchev–Trinajstić information content (AvgIpc) is 3.33. The number of hydrogen-bond acceptors (Lipinski definition) is 8. The molecule has 6 aromatic carbocycles. The molecule has 8 rings (SSSR count). The predicted molar refractivity (Wildman–Crippen MR) is 284 cm³/mol. The lowest BCUT2D eigenvalue weighted by atomic mass is 10.0. The summed E-state index contributed by atoms with van der Waals surface area (Å²) in [7, 11) is 0. The molecule has 1 atom stereocenters. The number of hydrogen-bond donors (Lipinski definition) is 3. The number of halogens is 4. The van der Waals surface area contributed by atoms with E-state index < -0.39 is 6.10 Å². The van der Waals surface area contributed by atoms with Gasteiger partial charge in [-0.05, 0) is 117 Å². The summed E-state index contributed by atoms with van der Waals surface area (Å²) in [4.78, 5) is 39.5. The summed E-state index contributed by atoms with van der Waals surface area (Å²) in [6.45, 7) is 8.42. The second-order valence-electron chi connectivity index (χ2n) is 16.8. The average molecular weight is 1020 g/mol. The van der Waals surface area contributed by atoms with Crippen LogP contribution in [0.5, 0.6) is 11.5 Å². The lowest BCUT2D eigenvalue weighted by molar-refractivity contribution is 0.103. The summed E-state index contributed by atoms with van der Waals surface area (Å²) in [5.41, 5.74) is 5.65. The minimum Gasteiger partial charge on any atom is -0.489 e. The van der Waals surface area contributed by atoms with E-state index in [-0.39, 0.29) is 29.1 Å². The molecule has 8 aromatic rings. The molecule has 358 valence electrons. The first-order valence-electron chi connectivity index (χ1n) is 22.4. The fourth-order valence-corrected chi connectivity index (χ4v) is 8.03. The van der Waals surface area contributed by atoms with E-state index >= 15 is 0 Å². The van der Waals surface area contributed by atoms with Gasteiger partial charge in [0.25, 0.3) is 11.1 Å². The molecule has 10 nitrogen and oxygen atoms in total. The summed E-state index contributed by atoms with van der Waals surface area (Å²) in [6, 6.07) is 46.4. The number of aliphatic hydroxyl groups excluding tert-OH is 1. The van der Waals surface area contributed by atoms with Crippen LogP contribution < -0.4 is 31.2 Å². The van der Waals surface area contributed by atoms with Gasteiger partial charge in [0.1, 0.15) is 17.6 Å². The van der Waals surface area contributed by atoms with Crippen molar-refractivity contribution < 1.29 is 19.4 Å². The zero-order valence-electron chi connectivity index (χ0n) is 38.7.